The van der Waals surface area contributed by atoms with E-state index in [2.05, 4.69) is 25.4 Å². The highest BCUT2D eigenvalue weighted by Crippen LogP contribution is 2.36. The fourth-order valence-corrected chi connectivity index (χ4v) is 2.99. The third-order valence-corrected chi connectivity index (χ3v) is 4.28. The minimum Gasteiger partial charge on any atom is -0.342 e. The van der Waals surface area contributed by atoms with Crippen LogP contribution in [0.1, 0.15) is 19.5 Å². The number of carbonyl (C=O) groups excluding carboxylic acids is 1. The van der Waals surface area contributed by atoms with E-state index in [1.165, 1.54) is 28.8 Å². The average Bonchev–Trinajstić information content (AvgIpc) is 2.97. The van der Waals surface area contributed by atoms with Crippen molar-refractivity contribution in [3.63, 3.8) is 0 Å². The molecule has 0 unspecified atom stereocenters. The summed E-state index contributed by atoms with van der Waals surface area (Å²) in [7, 11) is 0. The highest BCUT2D eigenvalue weighted by molar-refractivity contribution is 5.95. The minimum atomic E-state index is -3.20. The van der Waals surface area contributed by atoms with Gasteiger partial charge in [-0.25, -0.2) is 23.7 Å². The van der Waals surface area contributed by atoms with Crippen molar-refractivity contribution in [1.29, 1.82) is 0 Å². The molecule has 152 valence electrons. The molecule has 0 bridgehead atoms. The number of fused-ring (bicyclic) bond motifs is 1. The number of amides is 1. The van der Waals surface area contributed by atoms with Crippen molar-refractivity contribution in [1.82, 2.24) is 24.7 Å². The van der Waals surface area contributed by atoms with Gasteiger partial charge in [-0.05, 0) is 6.07 Å². The predicted molar refractivity (Wildman–Crippen MR) is 95.5 cm³/mol. The van der Waals surface area contributed by atoms with Crippen molar-refractivity contribution in [2.75, 3.05) is 23.3 Å². The third kappa shape index (κ3) is 3.57. The van der Waals surface area contributed by atoms with E-state index in [0.29, 0.717) is 17.8 Å². The standard InChI is InChI=1S/C17H15F4N7O/c1-9(29)24-13-5-11-10(6-23-13)14(27-7-17(20,21)8-27)26-28(11)15-22-4-3-12(25-15)16(2,18)19/h3-6H,7-8H2,1-2H3,(H,23,24,29). The Kier molecular flexibility index (Phi) is 4.17. The van der Waals surface area contributed by atoms with E-state index in [-0.39, 0.29) is 23.5 Å². The van der Waals surface area contributed by atoms with Gasteiger partial charge in [-0.3, -0.25) is 4.79 Å². The van der Waals surface area contributed by atoms with Gasteiger partial charge in [-0.2, -0.15) is 13.5 Å². The Bertz CT molecular complexity index is 1100. The van der Waals surface area contributed by atoms with Gasteiger partial charge in [0, 0.05) is 32.3 Å². The first-order valence-electron chi connectivity index (χ1n) is 8.54. The lowest BCUT2D eigenvalue weighted by Crippen LogP contribution is -2.56. The summed E-state index contributed by atoms with van der Waals surface area (Å²) in [5.41, 5.74) is -0.190. The summed E-state index contributed by atoms with van der Waals surface area (Å²) in [4.78, 5) is 24.6. The van der Waals surface area contributed by atoms with Crippen LogP contribution in [-0.4, -0.2) is 49.7 Å². The summed E-state index contributed by atoms with van der Waals surface area (Å²) in [6, 6.07) is 2.53. The number of alkyl halides is 4. The monoisotopic (exact) mass is 409 g/mol. The van der Waals surface area contributed by atoms with E-state index in [1.54, 1.807) is 0 Å². The molecule has 1 aliphatic rings. The molecular formula is C17H15F4N7O. The SMILES string of the molecule is CC(=O)Nc1cc2c(cn1)c(N1CC(F)(F)C1)nn2-c1nccc(C(C)(F)F)n1. The molecule has 0 atom stereocenters. The van der Waals surface area contributed by atoms with Crippen LogP contribution in [0.2, 0.25) is 0 Å². The molecule has 4 rings (SSSR count). The number of halogens is 4. The molecular weight excluding hydrogens is 394 g/mol. The van der Waals surface area contributed by atoms with Gasteiger partial charge in [0.05, 0.1) is 24.0 Å². The minimum absolute atomic E-state index is 0.160. The molecule has 1 amide bonds. The van der Waals surface area contributed by atoms with Crippen LogP contribution in [0.25, 0.3) is 16.9 Å². The maximum absolute atomic E-state index is 13.7. The molecule has 1 saturated heterocycles. The van der Waals surface area contributed by atoms with Crippen LogP contribution in [0.15, 0.2) is 24.5 Å². The maximum Gasteiger partial charge on any atom is 0.287 e. The topological polar surface area (TPSA) is 88.8 Å². The average molecular weight is 409 g/mol. The molecule has 0 saturated carbocycles. The fraction of sp³-hybridized carbons (Fsp3) is 0.353. The number of pyridine rings is 1. The Balaban J connectivity index is 1.87. The van der Waals surface area contributed by atoms with E-state index in [1.807, 2.05) is 0 Å². The lowest BCUT2D eigenvalue weighted by Gasteiger charge is -2.38. The zero-order valence-corrected chi connectivity index (χ0v) is 15.3. The second-order valence-corrected chi connectivity index (χ2v) is 6.85. The molecule has 4 heterocycles. The van der Waals surface area contributed by atoms with E-state index >= 15 is 0 Å². The van der Waals surface area contributed by atoms with E-state index in [9.17, 15) is 22.4 Å². The summed E-state index contributed by atoms with van der Waals surface area (Å²) in [5, 5.41) is 7.18. The lowest BCUT2D eigenvalue weighted by molar-refractivity contribution is -0.114. The quantitative estimate of drug-likeness (QED) is 0.667. The van der Waals surface area contributed by atoms with Crippen molar-refractivity contribution in [3.05, 3.63) is 30.2 Å². The fourth-order valence-electron chi connectivity index (χ4n) is 2.99. The number of hydrogen-bond donors (Lipinski definition) is 1. The molecule has 0 aliphatic carbocycles. The van der Waals surface area contributed by atoms with Crippen LogP contribution in [0.4, 0.5) is 29.2 Å². The number of rotatable bonds is 4. The van der Waals surface area contributed by atoms with Gasteiger partial charge < -0.3 is 10.2 Å². The van der Waals surface area contributed by atoms with Gasteiger partial charge in [0.15, 0.2) is 5.82 Å². The van der Waals surface area contributed by atoms with E-state index in [0.717, 1.165) is 12.3 Å². The molecule has 0 aromatic carbocycles. The number of nitrogens with zero attached hydrogens (tertiary/aromatic N) is 6. The first-order valence-corrected chi connectivity index (χ1v) is 8.54. The summed E-state index contributed by atoms with van der Waals surface area (Å²) < 4.78 is 55.2. The van der Waals surface area contributed by atoms with Crippen LogP contribution in [0, 0.1) is 0 Å². The first-order chi connectivity index (χ1) is 13.5. The third-order valence-electron chi connectivity index (χ3n) is 4.28. The van der Waals surface area contributed by atoms with Crippen LogP contribution in [-0.2, 0) is 10.7 Å². The molecule has 1 fully saturated rings. The normalized spacial score (nSPS) is 16.0. The second kappa shape index (κ2) is 6.36. The number of hydrogen-bond acceptors (Lipinski definition) is 6. The predicted octanol–water partition coefficient (Wildman–Crippen LogP) is 2.74. The molecule has 1 aliphatic heterocycles. The van der Waals surface area contributed by atoms with E-state index in [4.69, 9.17) is 0 Å². The van der Waals surface area contributed by atoms with Crippen molar-refractivity contribution in [3.8, 4) is 5.95 Å². The Morgan fingerprint density at radius 2 is 2.00 bits per heavy atom. The molecule has 0 spiro atoms. The van der Waals surface area contributed by atoms with Gasteiger partial charge in [-0.15, -0.1) is 5.10 Å². The number of nitrogens with one attached hydrogen (secondary N) is 1. The first kappa shape index (κ1) is 19.0. The zero-order valence-electron chi connectivity index (χ0n) is 15.3. The summed E-state index contributed by atoms with van der Waals surface area (Å²) in [5.74, 6) is -6.18. The van der Waals surface area contributed by atoms with Crippen LogP contribution in [0.5, 0.6) is 0 Å². The van der Waals surface area contributed by atoms with Gasteiger partial charge in [0.1, 0.15) is 11.5 Å². The molecule has 0 radical (unpaired) electrons. The zero-order chi connectivity index (χ0) is 21.0. The summed E-state index contributed by atoms with van der Waals surface area (Å²) in [6.07, 6.45) is 2.53. The number of carbonyl (C=O) groups is 1. The van der Waals surface area contributed by atoms with Crippen LogP contribution < -0.4 is 10.2 Å². The molecule has 8 nitrogen and oxygen atoms in total. The molecule has 1 N–H and O–H groups in total. The molecule has 3 aromatic heterocycles. The number of anilines is 2. The van der Waals surface area contributed by atoms with E-state index < -0.39 is 30.6 Å². The lowest BCUT2D eigenvalue weighted by atomic mass is 10.1. The van der Waals surface area contributed by atoms with Crippen LogP contribution in [0.3, 0.4) is 0 Å². The van der Waals surface area contributed by atoms with Gasteiger partial charge in [-0.1, -0.05) is 0 Å². The Morgan fingerprint density at radius 1 is 1.28 bits per heavy atom. The summed E-state index contributed by atoms with van der Waals surface area (Å²) in [6.45, 7) is 0.945. The van der Waals surface area contributed by atoms with Crippen LogP contribution >= 0.6 is 0 Å². The van der Waals surface area contributed by atoms with Crippen molar-refractivity contribution in [2.24, 2.45) is 0 Å². The molecule has 29 heavy (non-hydrogen) atoms. The second-order valence-electron chi connectivity index (χ2n) is 6.85. The van der Waals surface area contributed by atoms with Crippen molar-refractivity contribution in [2.45, 2.75) is 25.7 Å². The summed E-state index contributed by atoms with van der Waals surface area (Å²) >= 11 is 0. The van der Waals surface area contributed by atoms with Crippen molar-refractivity contribution >= 4 is 28.4 Å². The molecule has 12 heteroatoms. The van der Waals surface area contributed by atoms with Gasteiger partial charge in [0.25, 0.3) is 17.8 Å². The largest absolute Gasteiger partial charge is 0.342 e. The highest BCUT2D eigenvalue weighted by atomic mass is 19.3. The molecule has 3 aromatic rings. The Labute approximate surface area is 161 Å². The number of aromatic nitrogens is 5. The van der Waals surface area contributed by atoms with Gasteiger partial charge in [0.2, 0.25) is 5.91 Å². The van der Waals surface area contributed by atoms with Gasteiger partial charge >= 0.3 is 0 Å². The highest BCUT2D eigenvalue weighted by Gasteiger charge is 2.45. The van der Waals surface area contributed by atoms with Crippen molar-refractivity contribution < 1.29 is 22.4 Å². The maximum atomic E-state index is 13.7. The smallest absolute Gasteiger partial charge is 0.287 e. The Hall–Kier alpha value is -3.31. The Morgan fingerprint density at radius 3 is 2.62 bits per heavy atom.